The second kappa shape index (κ2) is 6.81. The van der Waals surface area contributed by atoms with Crippen LogP contribution >= 0.6 is 0 Å². The van der Waals surface area contributed by atoms with Gasteiger partial charge in [0.15, 0.2) is 5.82 Å². The van der Waals surface area contributed by atoms with Crippen LogP contribution in [0.3, 0.4) is 0 Å². The summed E-state index contributed by atoms with van der Waals surface area (Å²) in [5.74, 6) is -1.76. The van der Waals surface area contributed by atoms with Crippen LogP contribution in [0.2, 0.25) is 0 Å². The lowest BCUT2D eigenvalue weighted by molar-refractivity contribution is 0.0964. The van der Waals surface area contributed by atoms with Crippen LogP contribution in [-0.4, -0.2) is 15.9 Å². The quantitative estimate of drug-likeness (QED) is 0.915. The topological polar surface area (TPSA) is 54.9 Å². The third kappa shape index (κ3) is 3.06. The zero-order valence-corrected chi connectivity index (χ0v) is 13.6. The maximum absolute atomic E-state index is 13.9. The molecule has 23 heavy (non-hydrogen) atoms. The third-order valence-corrected chi connectivity index (χ3v) is 3.39. The Bertz CT molecular complexity index is 725. The molecule has 0 spiro atoms. The van der Waals surface area contributed by atoms with E-state index in [1.54, 1.807) is 0 Å². The molecule has 0 bridgehead atoms. The molecule has 4 nitrogen and oxygen atoms in total. The predicted octanol–water partition coefficient (Wildman–Crippen LogP) is 3.81. The molecule has 2 aromatic rings. The molecule has 6 heteroatoms. The van der Waals surface area contributed by atoms with Gasteiger partial charge in [0, 0.05) is 0 Å². The van der Waals surface area contributed by atoms with Crippen LogP contribution < -0.4 is 5.32 Å². The summed E-state index contributed by atoms with van der Waals surface area (Å²) in [7, 11) is 0. The number of fused-ring (bicyclic) bond motifs is 1. The first kappa shape index (κ1) is 17.0. The molecule has 2 heterocycles. The van der Waals surface area contributed by atoms with Gasteiger partial charge in [-0.1, -0.05) is 33.8 Å². The Morgan fingerprint density at radius 1 is 1.09 bits per heavy atom. The first-order valence-electron chi connectivity index (χ1n) is 7.62. The van der Waals surface area contributed by atoms with Crippen LogP contribution in [0.15, 0.2) is 18.2 Å². The minimum atomic E-state index is -0.720. The molecule has 0 atom stereocenters. The van der Waals surface area contributed by atoms with Crippen molar-refractivity contribution >= 4 is 5.91 Å². The Labute approximate surface area is 134 Å². The number of nitrogens with zero attached hydrogens (tertiary/aromatic N) is 2. The van der Waals surface area contributed by atoms with Crippen molar-refractivity contribution in [2.24, 2.45) is 0 Å². The molecule has 1 amide bonds. The second-order valence-electron chi connectivity index (χ2n) is 5.19. The van der Waals surface area contributed by atoms with E-state index in [0.29, 0.717) is 17.0 Å². The van der Waals surface area contributed by atoms with Crippen LogP contribution in [0.4, 0.5) is 8.78 Å². The van der Waals surface area contributed by atoms with E-state index in [1.165, 1.54) is 6.07 Å². The molecule has 1 aromatic carbocycles. The minimum absolute atomic E-state index is 0.0236. The highest BCUT2D eigenvalue weighted by Crippen LogP contribution is 2.29. The Kier molecular flexibility index (Phi) is 5.03. The van der Waals surface area contributed by atoms with Gasteiger partial charge >= 0.3 is 0 Å². The van der Waals surface area contributed by atoms with Gasteiger partial charge < -0.3 is 5.32 Å². The van der Waals surface area contributed by atoms with Gasteiger partial charge in [0.05, 0.1) is 29.1 Å². The predicted molar refractivity (Wildman–Crippen MR) is 84.0 cm³/mol. The fraction of sp³-hybridized carbons (Fsp3) is 0.353. The molecule has 0 unspecified atom stereocenters. The van der Waals surface area contributed by atoms with E-state index in [4.69, 9.17) is 0 Å². The Balaban J connectivity index is 0.000000924. The standard InChI is InChI=1S/C15H13F2N3O.C2H6/c1-7(2)13-12-10(6-18-15(12)21)19-14(20-13)11-8(16)4-3-5-9(11)17;1-2/h3-5,7H,6H2,1-2H3,(H,18,21);1-2H3. The fourth-order valence-electron chi connectivity index (χ4n) is 2.40. The van der Waals surface area contributed by atoms with E-state index in [1.807, 2.05) is 27.7 Å². The molecular weight excluding hydrogens is 300 g/mol. The molecule has 1 aliphatic rings. The summed E-state index contributed by atoms with van der Waals surface area (Å²) in [5, 5.41) is 2.66. The largest absolute Gasteiger partial charge is 0.346 e. The summed E-state index contributed by atoms with van der Waals surface area (Å²) in [6.45, 7) is 7.99. The SMILES string of the molecule is CC.CC(C)c1nc(-c2c(F)cccc2F)nc2c1C(=O)NC2. The van der Waals surface area contributed by atoms with E-state index < -0.39 is 11.6 Å². The molecule has 3 rings (SSSR count). The van der Waals surface area contributed by atoms with Crippen LogP contribution in [-0.2, 0) is 6.54 Å². The lowest BCUT2D eigenvalue weighted by atomic mass is 10.0. The summed E-state index contributed by atoms with van der Waals surface area (Å²) < 4.78 is 27.8. The number of hydrogen-bond acceptors (Lipinski definition) is 3. The number of hydrogen-bond donors (Lipinski definition) is 1. The van der Waals surface area contributed by atoms with Crippen LogP contribution in [0, 0.1) is 11.6 Å². The summed E-state index contributed by atoms with van der Waals surface area (Å²) in [4.78, 5) is 20.2. The van der Waals surface area contributed by atoms with Gasteiger partial charge in [-0.05, 0) is 18.1 Å². The molecule has 1 N–H and O–H groups in total. The lowest BCUT2D eigenvalue weighted by Crippen LogP contribution is -2.15. The molecule has 1 aromatic heterocycles. The van der Waals surface area contributed by atoms with Crippen molar-refractivity contribution in [2.75, 3.05) is 0 Å². The maximum atomic E-state index is 13.9. The molecular formula is C17H19F2N3O. The molecule has 0 radical (unpaired) electrons. The molecule has 0 saturated heterocycles. The fourth-order valence-corrected chi connectivity index (χ4v) is 2.40. The van der Waals surface area contributed by atoms with Gasteiger partial charge in [0.1, 0.15) is 11.6 Å². The van der Waals surface area contributed by atoms with E-state index in [9.17, 15) is 13.6 Å². The number of carbonyl (C=O) groups excluding carboxylic acids is 1. The van der Waals surface area contributed by atoms with E-state index in [0.717, 1.165) is 12.1 Å². The van der Waals surface area contributed by atoms with Gasteiger partial charge in [-0.3, -0.25) is 4.79 Å². The van der Waals surface area contributed by atoms with Crippen molar-refractivity contribution in [3.05, 3.63) is 46.8 Å². The van der Waals surface area contributed by atoms with Crippen molar-refractivity contribution in [3.8, 4) is 11.4 Å². The number of rotatable bonds is 2. The highest BCUT2D eigenvalue weighted by atomic mass is 19.1. The van der Waals surface area contributed by atoms with Crippen molar-refractivity contribution in [1.82, 2.24) is 15.3 Å². The van der Waals surface area contributed by atoms with Crippen LogP contribution in [0.1, 0.15) is 55.4 Å². The van der Waals surface area contributed by atoms with Crippen LogP contribution in [0.25, 0.3) is 11.4 Å². The van der Waals surface area contributed by atoms with Crippen molar-refractivity contribution in [1.29, 1.82) is 0 Å². The van der Waals surface area contributed by atoms with Crippen molar-refractivity contribution in [3.63, 3.8) is 0 Å². The highest BCUT2D eigenvalue weighted by Gasteiger charge is 2.28. The number of nitrogens with one attached hydrogen (secondary N) is 1. The summed E-state index contributed by atoms with van der Waals surface area (Å²) >= 11 is 0. The summed E-state index contributed by atoms with van der Waals surface area (Å²) in [5.41, 5.74) is 1.15. The first-order valence-corrected chi connectivity index (χ1v) is 7.62. The van der Waals surface area contributed by atoms with Crippen LogP contribution in [0.5, 0.6) is 0 Å². The number of aromatic nitrogens is 2. The number of benzene rings is 1. The van der Waals surface area contributed by atoms with Gasteiger partial charge in [0.2, 0.25) is 0 Å². The lowest BCUT2D eigenvalue weighted by Gasteiger charge is -2.12. The average Bonchev–Trinajstić information content (AvgIpc) is 2.90. The molecule has 0 fully saturated rings. The number of amides is 1. The molecule has 0 aliphatic carbocycles. The number of halogens is 2. The third-order valence-electron chi connectivity index (χ3n) is 3.39. The Morgan fingerprint density at radius 2 is 1.70 bits per heavy atom. The molecule has 0 saturated carbocycles. The summed E-state index contributed by atoms with van der Waals surface area (Å²) in [6.07, 6.45) is 0. The van der Waals surface area contributed by atoms with Gasteiger partial charge in [-0.2, -0.15) is 0 Å². The zero-order valence-electron chi connectivity index (χ0n) is 13.6. The highest BCUT2D eigenvalue weighted by molar-refractivity contribution is 5.99. The molecule has 1 aliphatic heterocycles. The van der Waals surface area contributed by atoms with E-state index in [-0.39, 0.29) is 29.8 Å². The maximum Gasteiger partial charge on any atom is 0.255 e. The van der Waals surface area contributed by atoms with E-state index >= 15 is 0 Å². The second-order valence-corrected chi connectivity index (χ2v) is 5.19. The summed E-state index contributed by atoms with van der Waals surface area (Å²) in [6, 6.07) is 3.61. The van der Waals surface area contributed by atoms with Gasteiger partial charge in [0.25, 0.3) is 5.91 Å². The minimum Gasteiger partial charge on any atom is -0.346 e. The van der Waals surface area contributed by atoms with Crippen molar-refractivity contribution < 1.29 is 13.6 Å². The molecule has 122 valence electrons. The Morgan fingerprint density at radius 3 is 2.26 bits per heavy atom. The number of carbonyl (C=O) groups is 1. The zero-order chi connectivity index (χ0) is 17.1. The Hall–Kier alpha value is -2.37. The monoisotopic (exact) mass is 319 g/mol. The van der Waals surface area contributed by atoms with E-state index in [2.05, 4.69) is 15.3 Å². The van der Waals surface area contributed by atoms with Crippen molar-refractivity contribution in [2.45, 2.75) is 40.2 Å². The van der Waals surface area contributed by atoms with Gasteiger partial charge in [-0.25, -0.2) is 18.7 Å². The van der Waals surface area contributed by atoms with Gasteiger partial charge in [-0.15, -0.1) is 0 Å². The average molecular weight is 319 g/mol. The first-order chi connectivity index (χ1) is 11.0. The normalized spacial score (nSPS) is 12.6. The smallest absolute Gasteiger partial charge is 0.255 e.